The highest BCUT2D eigenvalue weighted by atomic mass is 16.2. The molecule has 2 heterocycles. The molecule has 0 spiro atoms. The normalized spacial score (nSPS) is 26.1. The summed E-state index contributed by atoms with van der Waals surface area (Å²) in [4.78, 5) is 43.9. The summed E-state index contributed by atoms with van der Waals surface area (Å²) >= 11 is 0. The average Bonchev–Trinajstić information content (AvgIpc) is 3.34. The summed E-state index contributed by atoms with van der Waals surface area (Å²) in [5.74, 6) is -0.377. The van der Waals surface area contributed by atoms with Gasteiger partial charge in [0.05, 0.1) is 18.6 Å². The van der Waals surface area contributed by atoms with Gasteiger partial charge in [-0.1, -0.05) is 54.6 Å². The first kappa shape index (κ1) is 26.4. The SMILES string of the molecule is CC(N)C1CCCC(C(=O)N2CCN(CC(=O)N[C@@H]3CCc4ccccc43)C(=O)C2Cc2ccccc2)N1. The lowest BCUT2D eigenvalue weighted by molar-refractivity contribution is -0.154. The van der Waals surface area contributed by atoms with E-state index in [0.717, 1.165) is 43.2 Å². The number of hydrogen-bond donors (Lipinski definition) is 3. The first-order chi connectivity index (χ1) is 18.4. The van der Waals surface area contributed by atoms with Gasteiger partial charge in [-0.05, 0) is 55.7 Å². The Kier molecular flexibility index (Phi) is 8.09. The number of aryl methyl sites for hydroxylation is 1. The van der Waals surface area contributed by atoms with E-state index in [2.05, 4.69) is 22.8 Å². The predicted molar refractivity (Wildman–Crippen MR) is 146 cm³/mol. The fourth-order valence-corrected chi connectivity index (χ4v) is 6.19. The van der Waals surface area contributed by atoms with Crippen molar-refractivity contribution in [3.63, 3.8) is 0 Å². The molecule has 2 aliphatic heterocycles. The Hall–Kier alpha value is -3.23. The van der Waals surface area contributed by atoms with Crippen LogP contribution in [-0.4, -0.2) is 71.3 Å². The highest BCUT2D eigenvalue weighted by Gasteiger charge is 2.41. The van der Waals surface area contributed by atoms with Crippen molar-refractivity contribution in [1.82, 2.24) is 20.4 Å². The summed E-state index contributed by atoms with van der Waals surface area (Å²) in [6, 6.07) is 17.0. The molecule has 3 amide bonds. The van der Waals surface area contributed by atoms with Crippen molar-refractivity contribution in [2.45, 2.75) is 75.7 Å². The van der Waals surface area contributed by atoms with Crippen molar-refractivity contribution in [3.05, 3.63) is 71.3 Å². The summed E-state index contributed by atoms with van der Waals surface area (Å²) in [6.07, 6.45) is 4.84. The zero-order valence-electron chi connectivity index (χ0n) is 22.1. The second-order valence-corrected chi connectivity index (χ2v) is 11.0. The maximum absolute atomic E-state index is 13.8. The van der Waals surface area contributed by atoms with Crippen LogP contribution in [0.4, 0.5) is 0 Å². The number of amides is 3. The van der Waals surface area contributed by atoms with Gasteiger partial charge in [0.15, 0.2) is 0 Å². The molecule has 8 nitrogen and oxygen atoms in total. The van der Waals surface area contributed by atoms with Gasteiger partial charge in [0, 0.05) is 31.6 Å². The smallest absolute Gasteiger partial charge is 0.246 e. The second kappa shape index (κ2) is 11.7. The van der Waals surface area contributed by atoms with Crippen molar-refractivity contribution in [2.75, 3.05) is 19.6 Å². The van der Waals surface area contributed by atoms with Gasteiger partial charge in [0.1, 0.15) is 6.04 Å². The van der Waals surface area contributed by atoms with Crippen LogP contribution in [0.2, 0.25) is 0 Å². The minimum atomic E-state index is -0.642. The molecular formula is C30H39N5O3. The van der Waals surface area contributed by atoms with Gasteiger partial charge in [0.25, 0.3) is 0 Å². The van der Waals surface area contributed by atoms with Crippen LogP contribution in [0, 0.1) is 0 Å². The molecule has 2 saturated heterocycles. The van der Waals surface area contributed by atoms with E-state index >= 15 is 0 Å². The maximum Gasteiger partial charge on any atom is 0.246 e. The van der Waals surface area contributed by atoms with Crippen LogP contribution in [0.15, 0.2) is 54.6 Å². The molecule has 38 heavy (non-hydrogen) atoms. The number of carbonyl (C=O) groups is 3. The number of carbonyl (C=O) groups excluding carboxylic acids is 3. The molecule has 4 unspecified atom stereocenters. The number of rotatable bonds is 7. The first-order valence-corrected chi connectivity index (χ1v) is 13.9. The Morgan fingerprint density at radius 2 is 1.82 bits per heavy atom. The van der Waals surface area contributed by atoms with E-state index in [9.17, 15) is 14.4 Å². The number of benzene rings is 2. The molecule has 0 bridgehead atoms. The molecule has 2 fully saturated rings. The van der Waals surface area contributed by atoms with Gasteiger partial charge < -0.3 is 26.2 Å². The van der Waals surface area contributed by atoms with E-state index in [1.165, 1.54) is 5.56 Å². The van der Waals surface area contributed by atoms with E-state index in [4.69, 9.17) is 5.73 Å². The summed E-state index contributed by atoms with van der Waals surface area (Å²) in [7, 11) is 0. The predicted octanol–water partition coefficient (Wildman–Crippen LogP) is 1.93. The van der Waals surface area contributed by atoms with Crippen molar-refractivity contribution in [2.24, 2.45) is 5.73 Å². The Morgan fingerprint density at radius 3 is 2.61 bits per heavy atom. The molecule has 5 atom stereocenters. The number of piperidine rings is 1. The van der Waals surface area contributed by atoms with Gasteiger partial charge in [-0.3, -0.25) is 14.4 Å². The number of fused-ring (bicyclic) bond motifs is 1. The van der Waals surface area contributed by atoms with Crippen LogP contribution in [-0.2, 0) is 27.2 Å². The summed E-state index contributed by atoms with van der Waals surface area (Å²) in [5.41, 5.74) is 9.54. The molecule has 5 rings (SSSR count). The lowest BCUT2D eigenvalue weighted by Gasteiger charge is -2.43. The molecule has 8 heteroatoms. The van der Waals surface area contributed by atoms with Crippen LogP contribution in [0.1, 0.15) is 55.3 Å². The van der Waals surface area contributed by atoms with Gasteiger partial charge in [0.2, 0.25) is 17.7 Å². The lowest BCUT2D eigenvalue weighted by atomic mass is 9.93. The van der Waals surface area contributed by atoms with Gasteiger partial charge in [-0.2, -0.15) is 0 Å². The number of nitrogens with two attached hydrogens (primary N) is 1. The Labute approximate surface area is 224 Å². The van der Waals surface area contributed by atoms with Crippen molar-refractivity contribution in [3.8, 4) is 0 Å². The Balaban J connectivity index is 1.28. The maximum atomic E-state index is 13.8. The third-order valence-electron chi connectivity index (χ3n) is 8.30. The largest absolute Gasteiger partial charge is 0.348 e. The van der Waals surface area contributed by atoms with Gasteiger partial charge in [-0.15, -0.1) is 0 Å². The fraction of sp³-hybridized carbons (Fsp3) is 0.500. The molecular weight excluding hydrogens is 478 g/mol. The number of piperazine rings is 1. The fourth-order valence-electron chi connectivity index (χ4n) is 6.19. The molecule has 2 aromatic rings. The third kappa shape index (κ3) is 5.76. The molecule has 0 saturated carbocycles. The van der Waals surface area contributed by atoms with Crippen LogP contribution in [0.5, 0.6) is 0 Å². The quantitative estimate of drug-likeness (QED) is 0.520. The molecule has 0 radical (unpaired) electrons. The van der Waals surface area contributed by atoms with Crippen molar-refractivity contribution >= 4 is 17.7 Å². The minimum Gasteiger partial charge on any atom is -0.348 e. The monoisotopic (exact) mass is 517 g/mol. The third-order valence-corrected chi connectivity index (χ3v) is 8.30. The molecule has 3 aliphatic rings. The summed E-state index contributed by atoms with van der Waals surface area (Å²) in [5, 5.41) is 6.57. The standard InChI is InChI=1S/C30H39N5O3/c1-20(31)24-12-7-13-26(32-24)29(37)35-17-16-34(30(38)27(35)18-21-8-3-2-4-9-21)19-28(36)33-25-15-14-22-10-5-6-11-23(22)25/h2-6,8-11,20,24-27,32H,7,12-19,31H2,1H3,(H,33,36)/t20?,24?,25-,26?,27?/m1/s1. The number of hydrogen-bond acceptors (Lipinski definition) is 5. The number of nitrogens with zero attached hydrogens (tertiary/aromatic N) is 2. The molecule has 202 valence electrons. The van der Waals surface area contributed by atoms with Crippen molar-refractivity contribution < 1.29 is 14.4 Å². The zero-order chi connectivity index (χ0) is 26.6. The summed E-state index contributed by atoms with van der Waals surface area (Å²) in [6.45, 7) is 2.70. The molecule has 2 aromatic carbocycles. The first-order valence-electron chi connectivity index (χ1n) is 13.9. The van der Waals surface area contributed by atoms with Crippen LogP contribution >= 0.6 is 0 Å². The van der Waals surface area contributed by atoms with Crippen LogP contribution in [0.3, 0.4) is 0 Å². The van der Waals surface area contributed by atoms with Gasteiger partial charge >= 0.3 is 0 Å². The van der Waals surface area contributed by atoms with Gasteiger partial charge in [-0.25, -0.2) is 0 Å². The van der Waals surface area contributed by atoms with E-state index in [0.29, 0.717) is 19.5 Å². The lowest BCUT2D eigenvalue weighted by Crippen LogP contribution is -2.65. The Morgan fingerprint density at radius 1 is 1.05 bits per heavy atom. The zero-order valence-corrected chi connectivity index (χ0v) is 22.1. The molecule has 4 N–H and O–H groups in total. The van der Waals surface area contributed by atoms with Crippen LogP contribution in [0.25, 0.3) is 0 Å². The second-order valence-electron chi connectivity index (χ2n) is 11.0. The van der Waals surface area contributed by atoms with E-state index < -0.39 is 6.04 Å². The number of nitrogens with one attached hydrogen (secondary N) is 2. The average molecular weight is 518 g/mol. The topological polar surface area (TPSA) is 108 Å². The highest BCUT2D eigenvalue weighted by molar-refractivity contribution is 5.93. The van der Waals surface area contributed by atoms with Crippen molar-refractivity contribution in [1.29, 1.82) is 0 Å². The van der Waals surface area contributed by atoms with E-state index in [1.54, 1.807) is 9.80 Å². The Bertz CT molecular complexity index is 1150. The summed E-state index contributed by atoms with van der Waals surface area (Å²) < 4.78 is 0. The molecule has 1 aliphatic carbocycles. The molecule has 0 aromatic heterocycles. The van der Waals surface area contributed by atoms with Crippen LogP contribution < -0.4 is 16.4 Å². The van der Waals surface area contributed by atoms with E-state index in [-0.39, 0.29) is 48.4 Å². The van der Waals surface area contributed by atoms with E-state index in [1.807, 2.05) is 49.4 Å². The minimum absolute atomic E-state index is 0.000733. The highest BCUT2D eigenvalue weighted by Crippen LogP contribution is 2.30.